The van der Waals surface area contributed by atoms with Gasteiger partial charge in [-0.05, 0) is 26.0 Å². The largest absolute Gasteiger partial charge is 0.342 e. The Morgan fingerprint density at radius 3 is 2.57 bits per heavy atom. The third-order valence-electron chi connectivity index (χ3n) is 2.85. The Hall–Kier alpha value is -2.39. The Kier molecular flexibility index (Phi) is 6.92. The van der Waals surface area contributed by atoms with E-state index < -0.39 is 0 Å². The third kappa shape index (κ3) is 5.24. The molecule has 0 aliphatic rings. The lowest BCUT2D eigenvalue weighted by atomic mass is 10.2. The number of pyridine rings is 1. The first-order valence-corrected chi connectivity index (χ1v) is 6.83. The van der Waals surface area contributed by atoms with Crippen molar-refractivity contribution in [3.63, 3.8) is 0 Å². The van der Waals surface area contributed by atoms with E-state index in [2.05, 4.69) is 22.1 Å². The minimum absolute atomic E-state index is 0.0308. The predicted octanol–water partition coefficient (Wildman–Crippen LogP) is -0.01000. The second kappa shape index (κ2) is 8.72. The van der Waals surface area contributed by atoms with Gasteiger partial charge in [0.05, 0.1) is 13.1 Å². The molecule has 0 aliphatic carbocycles. The van der Waals surface area contributed by atoms with Crippen molar-refractivity contribution >= 4 is 11.8 Å². The van der Waals surface area contributed by atoms with Crippen molar-refractivity contribution in [2.24, 2.45) is 5.73 Å². The van der Waals surface area contributed by atoms with E-state index >= 15 is 0 Å². The molecule has 1 aromatic rings. The van der Waals surface area contributed by atoms with Crippen LogP contribution >= 0.6 is 0 Å². The summed E-state index contributed by atoms with van der Waals surface area (Å²) in [4.78, 5) is 29.3. The number of rotatable bonds is 5. The van der Waals surface area contributed by atoms with Crippen LogP contribution in [0.25, 0.3) is 0 Å². The number of amides is 2. The van der Waals surface area contributed by atoms with Crippen molar-refractivity contribution in [2.75, 3.05) is 26.2 Å². The molecular weight excluding hydrogens is 268 g/mol. The number of carbonyl (C=O) groups excluding carboxylic acids is 2. The predicted molar refractivity (Wildman–Crippen MR) is 80.4 cm³/mol. The smallest absolute Gasteiger partial charge is 0.270 e. The molecule has 1 heterocycles. The average Bonchev–Trinajstić information content (AvgIpc) is 2.52. The molecule has 0 saturated carbocycles. The summed E-state index contributed by atoms with van der Waals surface area (Å²) in [6, 6.07) is 3.26. The van der Waals surface area contributed by atoms with Crippen LogP contribution in [0.1, 0.15) is 29.9 Å². The second-order valence-electron chi connectivity index (χ2n) is 4.19. The van der Waals surface area contributed by atoms with Crippen LogP contribution in [0, 0.1) is 11.8 Å². The molecule has 0 spiro atoms. The molecule has 0 aliphatic heterocycles. The van der Waals surface area contributed by atoms with E-state index in [9.17, 15) is 9.59 Å². The molecule has 0 radical (unpaired) electrons. The summed E-state index contributed by atoms with van der Waals surface area (Å²) in [7, 11) is 0. The molecule has 0 aromatic carbocycles. The van der Waals surface area contributed by atoms with Crippen LogP contribution in [0.2, 0.25) is 0 Å². The highest BCUT2D eigenvalue weighted by molar-refractivity contribution is 5.94. The average molecular weight is 288 g/mol. The van der Waals surface area contributed by atoms with Crippen LogP contribution in [0.5, 0.6) is 0 Å². The van der Waals surface area contributed by atoms with Crippen LogP contribution in [0.3, 0.4) is 0 Å². The fraction of sp³-hybridized carbons (Fsp3) is 0.400. The zero-order valence-corrected chi connectivity index (χ0v) is 12.3. The minimum atomic E-state index is -0.381. The van der Waals surface area contributed by atoms with Crippen molar-refractivity contribution in [1.29, 1.82) is 0 Å². The van der Waals surface area contributed by atoms with Crippen molar-refractivity contribution in [3.05, 3.63) is 29.6 Å². The van der Waals surface area contributed by atoms with Gasteiger partial charge in [-0.1, -0.05) is 11.8 Å². The van der Waals surface area contributed by atoms with Crippen LogP contribution in [-0.4, -0.2) is 47.9 Å². The molecule has 0 fully saturated rings. The summed E-state index contributed by atoms with van der Waals surface area (Å²) >= 11 is 0. The molecule has 6 heteroatoms. The quantitative estimate of drug-likeness (QED) is 0.746. The van der Waals surface area contributed by atoms with Gasteiger partial charge in [0.15, 0.2) is 0 Å². The zero-order chi connectivity index (χ0) is 15.7. The maximum Gasteiger partial charge on any atom is 0.270 e. The fourth-order valence-electron chi connectivity index (χ4n) is 1.69. The van der Waals surface area contributed by atoms with Gasteiger partial charge in [0.2, 0.25) is 5.91 Å². The highest BCUT2D eigenvalue weighted by Gasteiger charge is 2.12. The number of likely N-dealkylation sites (N-methyl/N-ethyl adjacent to an activating group) is 1. The van der Waals surface area contributed by atoms with E-state index in [1.165, 1.54) is 6.20 Å². The van der Waals surface area contributed by atoms with E-state index in [0.717, 1.165) is 0 Å². The minimum Gasteiger partial charge on any atom is -0.342 e. The van der Waals surface area contributed by atoms with Crippen LogP contribution < -0.4 is 11.1 Å². The first kappa shape index (κ1) is 16.7. The number of nitrogens with zero attached hydrogens (tertiary/aromatic N) is 2. The maximum absolute atomic E-state index is 11.9. The molecule has 112 valence electrons. The normalized spacial score (nSPS) is 9.48. The van der Waals surface area contributed by atoms with Gasteiger partial charge in [0.1, 0.15) is 5.69 Å². The van der Waals surface area contributed by atoms with Crippen molar-refractivity contribution in [2.45, 2.75) is 13.8 Å². The van der Waals surface area contributed by atoms with Crippen molar-refractivity contribution in [3.8, 4) is 11.8 Å². The van der Waals surface area contributed by atoms with Gasteiger partial charge in [0, 0.05) is 24.8 Å². The molecule has 21 heavy (non-hydrogen) atoms. The summed E-state index contributed by atoms with van der Waals surface area (Å²) < 4.78 is 0. The molecule has 1 rings (SSSR count). The van der Waals surface area contributed by atoms with E-state index in [4.69, 9.17) is 5.73 Å². The molecular formula is C15H20N4O2. The Balaban J connectivity index is 2.58. The summed E-state index contributed by atoms with van der Waals surface area (Å²) in [5.41, 5.74) is 6.22. The van der Waals surface area contributed by atoms with Crippen LogP contribution in [0.15, 0.2) is 18.3 Å². The lowest BCUT2D eigenvalue weighted by Crippen LogP contribution is -2.40. The summed E-state index contributed by atoms with van der Waals surface area (Å²) in [6.07, 6.45) is 1.50. The molecule has 3 N–H and O–H groups in total. The standard InChI is InChI=1S/C15H20N4O2/c1-3-19(4-2)14(20)11-18-15(21)13-8-7-12(10-17-13)6-5-9-16/h7-8,10H,3-4,9,11,16H2,1-2H3,(H,18,21). The monoisotopic (exact) mass is 288 g/mol. The number of nitrogens with two attached hydrogens (primary N) is 1. The maximum atomic E-state index is 11.9. The van der Waals surface area contributed by atoms with Gasteiger partial charge in [-0.2, -0.15) is 0 Å². The van der Waals surface area contributed by atoms with E-state index in [1.54, 1.807) is 17.0 Å². The van der Waals surface area contributed by atoms with E-state index in [1.807, 2.05) is 13.8 Å². The number of aromatic nitrogens is 1. The Morgan fingerprint density at radius 2 is 2.05 bits per heavy atom. The van der Waals surface area contributed by atoms with Gasteiger partial charge < -0.3 is 16.0 Å². The van der Waals surface area contributed by atoms with E-state index in [-0.39, 0.29) is 30.6 Å². The molecule has 0 atom stereocenters. The van der Waals surface area contributed by atoms with Gasteiger partial charge in [-0.3, -0.25) is 9.59 Å². The summed E-state index contributed by atoms with van der Waals surface area (Å²) in [6.45, 7) is 5.28. The number of hydrogen-bond donors (Lipinski definition) is 2. The van der Waals surface area contributed by atoms with Crippen molar-refractivity contribution < 1.29 is 9.59 Å². The Bertz CT molecular complexity index is 539. The number of carbonyl (C=O) groups is 2. The molecule has 2 amide bonds. The summed E-state index contributed by atoms with van der Waals surface area (Å²) in [5, 5.41) is 2.56. The first-order chi connectivity index (χ1) is 10.1. The zero-order valence-electron chi connectivity index (χ0n) is 12.3. The van der Waals surface area contributed by atoms with Gasteiger partial charge >= 0.3 is 0 Å². The van der Waals surface area contributed by atoms with Gasteiger partial charge in [-0.25, -0.2) is 4.98 Å². The number of nitrogens with one attached hydrogen (secondary N) is 1. The third-order valence-corrected chi connectivity index (χ3v) is 2.85. The number of hydrogen-bond acceptors (Lipinski definition) is 4. The Labute approximate surface area is 124 Å². The highest BCUT2D eigenvalue weighted by atomic mass is 16.2. The topological polar surface area (TPSA) is 88.3 Å². The van der Waals surface area contributed by atoms with Gasteiger partial charge in [-0.15, -0.1) is 0 Å². The SMILES string of the molecule is CCN(CC)C(=O)CNC(=O)c1ccc(C#CCN)cn1. The molecule has 0 unspecified atom stereocenters. The Morgan fingerprint density at radius 1 is 1.33 bits per heavy atom. The van der Waals surface area contributed by atoms with Crippen LogP contribution in [0.4, 0.5) is 0 Å². The molecule has 1 aromatic heterocycles. The van der Waals surface area contributed by atoms with Crippen LogP contribution in [-0.2, 0) is 4.79 Å². The first-order valence-electron chi connectivity index (χ1n) is 6.83. The lowest BCUT2D eigenvalue weighted by Gasteiger charge is -2.18. The van der Waals surface area contributed by atoms with Gasteiger partial charge in [0.25, 0.3) is 5.91 Å². The van der Waals surface area contributed by atoms with Crippen molar-refractivity contribution in [1.82, 2.24) is 15.2 Å². The lowest BCUT2D eigenvalue weighted by molar-refractivity contribution is -0.129. The fourth-order valence-corrected chi connectivity index (χ4v) is 1.69. The molecule has 0 saturated heterocycles. The summed E-state index contributed by atoms with van der Waals surface area (Å²) in [5.74, 6) is 5.03. The molecule has 0 bridgehead atoms. The van der Waals surface area contributed by atoms with E-state index in [0.29, 0.717) is 18.7 Å². The highest BCUT2D eigenvalue weighted by Crippen LogP contribution is 1.99. The second-order valence-corrected chi connectivity index (χ2v) is 4.19. The molecule has 6 nitrogen and oxygen atoms in total.